The number of hydrogen-bond donors (Lipinski definition) is 0. The molecule has 102 valence electrons. The molecular formula is C13H14ClF2N3. The van der Waals surface area contributed by atoms with Gasteiger partial charge in [0, 0.05) is 12.6 Å². The summed E-state index contributed by atoms with van der Waals surface area (Å²) in [7, 11) is 0. The molecule has 1 aromatic heterocycles. The number of halogens is 3. The van der Waals surface area contributed by atoms with Crippen LogP contribution in [0.5, 0.6) is 0 Å². The Morgan fingerprint density at radius 1 is 1.26 bits per heavy atom. The number of hydrogen-bond acceptors (Lipinski definition) is 2. The van der Waals surface area contributed by atoms with Crippen molar-refractivity contribution >= 4 is 11.6 Å². The van der Waals surface area contributed by atoms with Gasteiger partial charge in [-0.3, -0.25) is 0 Å². The average Bonchev–Trinajstić information content (AvgIpc) is 2.71. The first-order chi connectivity index (χ1) is 9.02. The van der Waals surface area contributed by atoms with Crippen molar-refractivity contribution in [2.75, 3.05) is 0 Å². The second-order valence-electron chi connectivity index (χ2n) is 4.70. The highest BCUT2D eigenvalue weighted by atomic mass is 35.5. The molecule has 0 aliphatic heterocycles. The zero-order valence-electron chi connectivity index (χ0n) is 10.7. The molecule has 0 bridgehead atoms. The van der Waals surface area contributed by atoms with Crippen molar-refractivity contribution < 1.29 is 8.78 Å². The van der Waals surface area contributed by atoms with E-state index in [1.807, 2.05) is 13.8 Å². The van der Waals surface area contributed by atoms with Crippen molar-refractivity contribution in [3.63, 3.8) is 0 Å². The van der Waals surface area contributed by atoms with Crippen LogP contribution in [-0.4, -0.2) is 14.8 Å². The first kappa shape index (κ1) is 13.9. The van der Waals surface area contributed by atoms with Crippen molar-refractivity contribution in [3.8, 4) is 11.4 Å². The van der Waals surface area contributed by atoms with Gasteiger partial charge in [-0.1, -0.05) is 13.8 Å². The molecule has 0 unspecified atom stereocenters. The number of nitrogens with zero attached hydrogens (tertiary/aromatic N) is 3. The Bertz CT molecular complexity index is 581. The SMILES string of the molecule is CC(C)Cn1c(CCl)nnc1-c1ccc(F)cc1F. The second-order valence-corrected chi connectivity index (χ2v) is 4.97. The molecule has 1 heterocycles. The van der Waals surface area contributed by atoms with Crippen LogP contribution in [0.3, 0.4) is 0 Å². The Morgan fingerprint density at radius 3 is 2.58 bits per heavy atom. The van der Waals surface area contributed by atoms with Crippen LogP contribution in [0, 0.1) is 17.6 Å². The maximum atomic E-state index is 13.8. The van der Waals surface area contributed by atoms with E-state index in [0.717, 1.165) is 6.07 Å². The first-order valence-electron chi connectivity index (χ1n) is 5.96. The lowest BCUT2D eigenvalue weighted by Crippen LogP contribution is -2.10. The lowest BCUT2D eigenvalue weighted by molar-refractivity contribution is 0.513. The summed E-state index contributed by atoms with van der Waals surface area (Å²) in [6.07, 6.45) is 0. The van der Waals surface area contributed by atoms with E-state index in [-0.39, 0.29) is 11.4 Å². The van der Waals surface area contributed by atoms with Crippen molar-refractivity contribution in [3.05, 3.63) is 35.7 Å². The molecule has 0 amide bonds. The van der Waals surface area contributed by atoms with Crippen molar-refractivity contribution in [1.82, 2.24) is 14.8 Å². The van der Waals surface area contributed by atoms with Gasteiger partial charge in [-0.05, 0) is 18.1 Å². The average molecular weight is 286 g/mol. The summed E-state index contributed by atoms with van der Waals surface area (Å²) in [5.74, 6) is 0.214. The molecular weight excluding hydrogens is 272 g/mol. The lowest BCUT2D eigenvalue weighted by Gasteiger charge is -2.12. The van der Waals surface area contributed by atoms with Gasteiger partial charge in [0.05, 0.1) is 11.4 Å². The number of benzene rings is 1. The first-order valence-corrected chi connectivity index (χ1v) is 6.49. The highest BCUT2D eigenvalue weighted by molar-refractivity contribution is 6.16. The fourth-order valence-electron chi connectivity index (χ4n) is 1.86. The fourth-order valence-corrected chi connectivity index (χ4v) is 2.06. The topological polar surface area (TPSA) is 30.7 Å². The van der Waals surface area contributed by atoms with Gasteiger partial charge in [-0.25, -0.2) is 8.78 Å². The molecule has 1 aromatic carbocycles. The summed E-state index contributed by atoms with van der Waals surface area (Å²) in [6.45, 7) is 4.69. The van der Waals surface area contributed by atoms with Crippen LogP contribution in [0.15, 0.2) is 18.2 Å². The Hall–Kier alpha value is -1.49. The quantitative estimate of drug-likeness (QED) is 0.803. The summed E-state index contributed by atoms with van der Waals surface area (Å²) >= 11 is 5.80. The Balaban J connectivity index is 2.52. The molecule has 0 fully saturated rings. The van der Waals surface area contributed by atoms with Gasteiger partial charge in [-0.2, -0.15) is 0 Å². The lowest BCUT2D eigenvalue weighted by atomic mass is 10.1. The van der Waals surface area contributed by atoms with E-state index in [1.165, 1.54) is 12.1 Å². The van der Waals surface area contributed by atoms with Gasteiger partial charge >= 0.3 is 0 Å². The maximum Gasteiger partial charge on any atom is 0.166 e. The second kappa shape index (κ2) is 5.65. The summed E-state index contributed by atoms with van der Waals surface area (Å²) in [4.78, 5) is 0. The molecule has 0 radical (unpaired) electrons. The molecule has 19 heavy (non-hydrogen) atoms. The fraction of sp³-hybridized carbons (Fsp3) is 0.385. The van der Waals surface area contributed by atoms with Gasteiger partial charge in [0.1, 0.15) is 17.5 Å². The summed E-state index contributed by atoms with van der Waals surface area (Å²) in [5.41, 5.74) is 0.228. The van der Waals surface area contributed by atoms with Crippen LogP contribution in [0.2, 0.25) is 0 Å². The van der Waals surface area contributed by atoms with Crippen LogP contribution < -0.4 is 0 Å². The van der Waals surface area contributed by atoms with Gasteiger partial charge in [0.25, 0.3) is 0 Å². The zero-order valence-corrected chi connectivity index (χ0v) is 11.5. The summed E-state index contributed by atoms with van der Waals surface area (Å²) in [5, 5.41) is 7.92. The number of aromatic nitrogens is 3. The summed E-state index contributed by atoms with van der Waals surface area (Å²) in [6, 6.07) is 3.40. The van der Waals surface area contributed by atoms with E-state index < -0.39 is 11.6 Å². The molecule has 0 aliphatic carbocycles. The Labute approximate surface area is 115 Å². The van der Waals surface area contributed by atoms with Gasteiger partial charge < -0.3 is 4.57 Å². The predicted octanol–water partition coefficient (Wildman–Crippen LogP) is 3.62. The third-order valence-electron chi connectivity index (χ3n) is 2.67. The Morgan fingerprint density at radius 2 is 2.00 bits per heavy atom. The number of rotatable bonds is 4. The van der Waals surface area contributed by atoms with E-state index >= 15 is 0 Å². The minimum atomic E-state index is -0.654. The molecule has 0 aliphatic rings. The van der Waals surface area contributed by atoms with Crippen LogP contribution in [-0.2, 0) is 12.4 Å². The minimum absolute atomic E-state index is 0.197. The molecule has 2 rings (SSSR count). The van der Waals surface area contributed by atoms with E-state index in [9.17, 15) is 8.78 Å². The summed E-state index contributed by atoms with van der Waals surface area (Å²) < 4.78 is 28.5. The van der Waals surface area contributed by atoms with E-state index in [4.69, 9.17) is 11.6 Å². The zero-order chi connectivity index (χ0) is 14.0. The van der Waals surface area contributed by atoms with Crippen LogP contribution in [0.1, 0.15) is 19.7 Å². The molecule has 2 aromatic rings. The largest absolute Gasteiger partial charge is 0.310 e. The highest BCUT2D eigenvalue weighted by Crippen LogP contribution is 2.24. The van der Waals surface area contributed by atoms with Gasteiger partial charge in [0.15, 0.2) is 5.82 Å². The van der Waals surface area contributed by atoms with E-state index in [0.29, 0.717) is 24.1 Å². The molecule has 0 N–H and O–H groups in total. The van der Waals surface area contributed by atoms with E-state index in [1.54, 1.807) is 4.57 Å². The predicted molar refractivity (Wildman–Crippen MR) is 69.8 cm³/mol. The molecule has 6 heteroatoms. The van der Waals surface area contributed by atoms with Crippen molar-refractivity contribution in [2.45, 2.75) is 26.3 Å². The minimum Gasteiger partial charge on any atom is -0.310 e. The smallest absolute Gasteiger partial charge is 0.166 e. The normalized spacial score (nSPS) is 11.3. The van der Waals surface area contributed by atoms with Crippen LogP contribution in [0.25, 0.3) is 11.4 Å². The molecule has 0 saturated heterocycles. The monoisotopic (exact) mass is 285 g/mol. The van der Waals surface area contributed by atoms with Crippen LogP contribution in [0.4, 0.5) is 8.78 Å². The third-order valence-corrected chi connectivity index (χ3v) is 2.91. The van der Waals surface area contributed by atoms with Crippen LogP contribution >= 0.6 is 11.6 Å². The number of alkyl halides is 1. The van der Waals surface area contributed by atoms with Gasteiger partial charge in [0.2, 0.25) is 0 Å². The highest BCUT2D eigenvalue weighted by Gasteiger charge is 2.17. The van der Waals surface area contributed by atoms with E-state index in [2.05, 4.69) is 10.2 Å². The maximum absolute atomic E-state index is 13.8. The third kappa shape index (κ3) is 2.92. The molecule has 0 atom stereocenters. The Kier molecular flexibility index (Phi) is 4.14. The van der Waals surface area contributed by atoms with Crippen molar-refractivity contribution in [2.24, 2.45) is 5.92 Å². The standard InChI is InChI=1S/C13H14ClF2N3/c1-8(2)7-19-12(6-14)17-18-13(19)10-4-3-9(15)5-11(10)16/h3-5,8H,6-7H2,1-2H3. The molecule has 0 spiro atoms. The molecule has 3 nitrogen and oxygen atoms in total. The van der Waals surface area contributed by atoms with Crippen molar-refractivity contribution in [1.29, 1.82) is 0 Å². The van der Waals surface area contributed by atoms with Gasteiger partial charge in [-0.15, -0.1) is 21.8 Å². The molecule has 0 saturated carbocycles.